The third-order valence-corrected chi connectivity index (χ3v) is 4.07. The highest BCUT2D eigenvalue weighted by Gasteiger charge is 2.12. The van der Waals surface area contributed by atoms with Gasteiger partial charge in [0.15, 0.2) is 11.5 Å². The molecule has 0 aliphatic heterocycles. The van der Waals surface area contributed by atoms with Gasteiger partial charge in [0, 0.05) is 9.13 Å². The molecule has 0 N–H and O–H groups in total. The van der Waals surface area contributed by atoms with Gasteiger partial charge in [-0.05, 0) is 75.3 Å². The van der Waals surface area contributed by atoms with Crippen molar-refractivity contribution in [2.45, 2.75) is 13.5 Å². The standard InChI is InChI=1S/C16H14BrIO3/c1-2-20-15-8-12(9-19)7-14(17)16(15)21-10-11-3-5-13(18)6-4-11/h3-9H,2,10H2,1H3. The van der Waals surface area contributed by atoms with Crippen LogP contribution in [0.15, 0.2) is 40.9 Å². The van der Waals surface area contributed by atoms with Crippen LogP contribution in [0.5, 0.6) is 11.5 Å². The third-order valence-electron chi connectivity index (χ3n) is 2.76. The van der Waals surface area contributed by atoms with Crippen molar-refractivity contribution in [1.82, 2.24) is 0 Å². The second-order valence-corrected chi connectivity index (χ2v) is 6.40. The van der Waals surface area contributed by atoms with Gasteiger partial charge in [-0.25, -0.2) is 0 Å². The number of halogens is 2. The molecular formula is C16H14BrIO3. The van der Waals surface area contributed by atoms with Crippen LogP contribution < -0.4 is 9.47 Å². The number of rotatable bonds is 6. The van der Waals surface area contributed by atoms with E-state index in [-0.39, 0.29) is 0 Å². The molecule has 0 saturated heterocycles. The molecule has 0 spiro atoms. The number of hydrogen-bond acceptors (Lipinski definition) is 3. The van der Waals surface area contributed by atoms with Crippen molar-refractivity contribution < 1.29 is 14.3 Å². The van der Waals surface area contributed by atoms with Crippen LogP contribution in [0.3, 0.4) is 0 Å². The number of aldehydes is 1. The Balaban J connectivity index is 2.21. The zero-order valence-corrected chi connectivity index (χ0v) is 15.2. The van der Waals surface area contributed by atoms with Crippen LogP contribution in [0.2, 0.25) is 0 Å². The fraction of sp³-hybridized carbons (Fsp3) is 0.188. The maximum atomic E-state index is 10.9. The molecule has 110 valence electrons. The van der Waals surface area contributed by atoms with Crippen LogP contribution in [0.1, 0.15) is 22.8 Å². The van der Waals surface area contributed by atoms with Crippen LogP contribution in [0, 0.1) is 3.57 Å². The average Bonchev–Trinajstić information content (AvgIpc) is 2.48. The molecule has 2 aromatic rings. The Morgan fingerprint density at radius 1 is 1.19 bits per heavy atom. The van der Waals surface area contributed by atoms with E-state index in [1.54, 1.807) is 12.1 Å². The molecule has 0 heterocycles. The normalized spacial score (nSPS) is 10.2. The van der Waals surface area contributed by atoms with Crippen LogP contribution in [-0.2, 0) is 6.61 Å². The van der Waals surface area contributed by atoms with Gasteiger partial charge in [0.1, 0.15) is 12.9 Å². The zero-order valence-electron chi connectivity index (χ0n) is 11.4. The quantitative estimate of drug-likeness (QED) is 0.457. The highest BCUT2D eigenvalue weighted by atomic mass is 127. The lowest BCUT2D eigenvalue weighted by Gasteiger charge is -2.14. The lowest BCUT2D eigenvalue weighted by atomic mass is 10.2. The summed E-state index contributed by atoms with van der Waals surface area (Å²) in [6, 6.07) is 11.5. The summed E-state index contributed by atoms with van der Waals surface area (Å²) in [6.45, 7) is 2.84. The van der Waals surface area contributed by atoms with Gasteiger partial charge in [-0.2, -0.15) is 0 Å². The van der Waals surface area contributed by atoms with E-state index in [1.165, 1.54) is 3.57 Å². The van der Waals surface area contributed by atoms with E-state index in [1.807, 2.05) is 31.2 Å². The summed E-state index contributed by atoms with van der Waals surface area (Å²) in [4.78, 5) is 10.9. The summed E-state index contributed by atoms with van der Waals surface area (Å²) < 4.78 is 13.3. The molecule has 0 fully saturated rings. The lowest BCUT2D eigenvalue weighted by Crippen LogP contribution is -2.01. The Bertz CT molecular complexity index is 626. The molecule has 21 heavy (non-hydrogen) atoms. The summed E-state index contributed by atoms with van der Waals surface area (Å²) in [5.74, 6) is 1.18. The van der Waals surface area contributed by atoms with Gasteiger partial charge < -0.3 is 9.47 Å². The Morgan fingerprint density at radius 2 is 1.90 bits per heavy atom. The van der Waals surface area contributed by atoms with Crippen molar-refractivity contribution >= 4 is 44.8 Å². The Hall–Kier alpha value is -1.08. The first-order valence-corrected chi connectivity index (χ1v) is 8.30. The molecule has 0 amide bonds. The summed E-state index contributed by atoms with van der Waals surface area (Å²) in [5.41, 5.74) is 1.62. The molecule has 0 atom stereocenters. The second-order valence-electron chi connectivity index (χ2n) is 4.30. The van der Waals surface area contributed by atoms with Gasteiger partial charge in [-0.1, -0.05) is 12.1 Å². The van der Waals surface area contributed by atoms with Crippen molar-refractivity contribution in [3.8, 4) is 11.5 Å². The van der Waals surface area contributed by atoms with Crippen molar-refractivity contribution in [2.75, 3.05) is 6.61 Å². The summed E-state index contributed by atoms with van der Waals surface area (Å²) in [6.07, 6.45) is 0.788. The zero-order chi connectivity index (χ0) is 15.2. The van der Waals surface area contributed by atoms with Gasteiger partial charge in [0.25, 0.3) is 0 Å². The summed E-state index contributed by atoms with van der Waals surface area (Å²) in [7, 11) is 0. The Labute approximate surface area is 145 Å². The molecular weight excluding hydrogens is 447 g/mol. The van der Waals surface area contributed by atoms with E-state index >= 15 is 0 Å². The predicted octanol–water partition coefficient (Wildman–Crippen LogP) is 4.84. The monoisotopic (exact) mass is 460 g/mol. The van der Waals surface area contributed by atoms with Gasteiger partial charge >= 0.3 is 0 Å². The third kappa shape index (κ3) is 4.44. The Kier molecular flexibility index (Phi) is 6.05. The van der Waals surface area contributed by atoms with Crippen molar-refractivity contribution in [3.05, 3.63) is 55.6 Å². The SMILES string of the molecule is CCOc1cc(C=O)cc(Br)c1OCc1ccc(I)cc1. The molecule has 5 heteroatoms. The number of carbonyl (C=O) groups is 1. The minimum Gasteiger partial charge on any atom is -0.490 e. The number of ether oxygens (including phenoxy) is 2. The molecule has 0 aromatic heterocycles. The van der Waals surface area contributed by atoms with Gasteiger partial charge in [-0.15, -0.1) is 0 Å². The first kappa shape index (κ1) is 16.3. The first-order chi connectivity index (χ1) is 10.1. The van der Waals surface area contributed by atoms with E-state index in [9.17, 15) is 4.79 Å². The van der Waals surface area contributed by atoms with Gasteiger partial charge in [0.05, 0.1) is 11.1 Å². The van der Waals surface area contributed by atoms with E-state index in [4.69, 9.17) is 9.47 Å². The molecule has 2 rings (SSSR count). The Morgan fingerprint density at radius 3 is 2.52 bits per heavy atom. The summed E-state index contributed by atoms with van der Waals surface area (Å²) in [5, 5.41) is 0. The van der Waals surface area contributed by atoms with Crippen LogP contribution in [0.4, 0.5) is 0 Å². The highest BCUT2D eigenvalue weighted by Crippen LogP contribution is 2.37. The fourth-order valence-corrected chi connectivity index (χ4v) is 2.73. The molecule has 0 radical (unpaired) electrons. The van der Waals surface area contributed by atoms with E-state index < -0.39 is 0 Å². The molecule has 0 bridgehead atoms. The molecule has 0 aliphatic rings. The minimum absolute atomic E-state index is 0.441. The summed E-state index contributed by atoms with van der Waals surface area (Å²) >= 11 is 5.69. The highest BCUT2D eigenvalue weighted by molar-refractivity contribution is 14.1. The van der Waals surface area contributed by atoms with Crippen molar-refractivity contribution in [1.29, 1.82) is 0 Å². The van der Waals surface area contributed by atoms with Crippen LogP contribution >= 0.6 is 38.5 Å². The van der Waals surface area contributed by atoms with E-state index in [2.05, 4.69) is 38.5 Å². The molecule has 0 unspecified atom stereocenters. The number of hydrogen-bond donors (Lipinski definition) is 0. The molecule has 3 nitrogen and oxygen atoms in total. The first-order valence-electron chi connectivity index (χ1n) is 6.42. The lowest BCUT2D eigenvalue weighted by molar-refractivity contribution is 0.112. The van der Waals surface area contributed by atoms with Crippen molar-refractivity contribution in [2.24, 2.45) is 0 Å². The molecule has 0 aliphatic carbocycles. The largest absolute Gasteiger partial charge is 0.490 e. The maximum Gasteiger partial charge on any atom is 0.175 e. The minimum atomic E-state index is 0.441. The average molecular weight is 461 g/mol. The predicted molar refractivity (Wildman–Crippen MR) is 94.2 cm³/mol. The fourth-order valence-electron chi connectivity index (χ4n) is 1.80. The number of benzene rings is 2. The van der Waals surface area contributed by atoms with E-state index in [0.717, 1.165) is 11.8 Å². The second kappa shape index (κ2) is 7.79. The van der Waals surface area contributed by atoms with E-state index in [0.29, 0.717) is 34.7 Å². The smallest absolute Gasteiger partial charge is 0.175 e. The van der Waals surface area contributed by atoms with Gasteiger partial charge in [-0.3, -0.25) is 4.79 Å². The van der Waals surface area contributed by atoms with Crippen molar-refractivity contribution in [3.63, 3.8) is 0 Å². The maximum absolute atomic E-state index is 10.9. The number of carbonyl (C=O) groups excluding carboxylic acids is 1. The van der Waals surface area contributed by atoms with Crippen LogP contribution in [-0.4, -0.2) is 12.9 Å². The van der Waals surface area contributed by atoms with Gasteiger partial charge in [0.2, 0.25) is 0 Å². The van der Waals surface area contributed by atoms with Crippen LogP contribution in [0.25, 0.3) is 0 Å². The topological polar surface area (TPSA) is 35.5 Å². The molecule has 2 aromatic carbocycles. The molecule has 0 saturated carbocycles.